The van der Waals surface area contributed by atoms with Crippen molar-refractivity contribution in [2.75, 3.05) is 16.2 Å². The molecule has 0 atom stereocenters. The summed E-state index contributed by atoms with van der Waals surface area (Å²) in [6, 6.07) is 15.3. The number of nitrogens with zero attached hydrogens (tertiary/aromatic N) is 1. The Morgan fingerprint density at radius 3 is 2.61 bits per heavy atom. The van der Waals surface area contributed by atoms with E-state index >= 15 is 0 Å². The second-order valence-corrected chi connectivity index (χ2v) is 9.89. The molecule has 3 aromatic rings. The van der Waals surface area contributed by atoms with Gasteiger partial charge in [0.2, 0.25) is 0 Å². The van der Waals surface area contributed by atoms with Crippen molar-refractivity contribution in [2.24, 2.45) is 0 Å². The summed E-state index contributed by atoms with van der Waals surface area (Å²) < 4.78 is 27.7. The summed E-state index contributed by atoms with van der Waals surface area (Å²) in [5, 5.41) is 5.19. The summed E-state index contributed by atoms with van der Waals surface area (Å²) in [4.78, 5) is 12.4. The van der Waals surface area contributed by atoms with Crippen molar-refractivity contribution in [1.82, 2.24) is 0 Å². The molecule has 1 N–H and O–H groups in total. The lowest BCUT2D eigenvalue weighted by molar-refractivity contribution is 0.102. The number of aryl methyl sites for hydroxylation is 1. The van der Waals surface area contributed by atoms with E-state index in [1.807, 2.05) is 6.07 Å². The van der Waals surface area contributed by atoms with Crippen LogP contribution < -0.4 is 9.62 Å². The van der Waals surface area contributed by atoms with Crippen LogP contribution in [-0.4, -0.2) is 20.9 Å². The van der Waals surface area contributed by atoms with Crippen LogP contribution in [0.1, 0.15) is 22.3 Å². The first-order valence-corrected chi connectivity index (χ1v) is 11.4. The molecule has 1 aromatic heterocycles. The third-order valence-electron chi connectivity index (χ3n) is 4.56. The van der Waals surface area contributed by atoms with Crippen LogP contribution in [-0.2, 0) is 16.4 Å². The van der Waals surface area contributed by atoms with Gasteiger partial charge in [-0.15, -0.1) is 11.3 Å². The highest BCUT2D eigenvalue weighted by Crippen LogP contribution is 2.34. The minimum absolute atomic E-state index is 0.240. The topological polar surface area (TPSA) is 66.5 Å². The monoisotopic (exact) mass is 432 g/mol. The lowest BCUT2D eigenvalue weighted by atomic mass is 10.0. The molecule has 0 aliphatic carbocycles. The number of sulfonamides is 1. The lowest BCUT2D eigenvalue weighted by Crippen LogP contribution is -2.35. The molecule has 1 amide bonds. The molecule has 144 valence electrons. The zero-order valence-corrected chi connectivity index (χ0v) is 17.2. The number of nitrogens with one attached hydrogen (secondary N) is 1. The SMILES string of the molecule is O=C(Nc1ccc2c(c1)CCCN2S(=O)(=O)c1cccs1)c1ccc(Cl)cc1. The molecule has 8 heteroatoms. The highest BCUT2D eigenvalue weighted by Gasteiger charge is 2.29. The number of hydrogen-bond acceptors (Lipinski definition) is 4. The van der Waals surface area contributed by atoms with Crippen LogP contribution in [0.5, 0.6) is 0 Å². The fourth-order valence-corrected chi connectivity index (χ4v) is 5.99. The Kier molecular flexibility index (Phi) is 5.14. The maximum absolute atomic E-state index is 12.9. The van der Waals surface area contributed by atoms with E-state index in [2.05, 4.69) is 5.32 Å². The number of anilines is 2. The summed E-state index contributed by atoms with van der Waals surface area (Å²) in [6.07, 6.45) is 1.49. The Labute approximate surface area is 172 Å². The van der Waals surface area contributed by atoms with E-state index in [9.17, 15) is 13.2 Å². The van der Waals surface area contributed by atoms with E-state index in [1.54, 1.807) is 53.9 Å². The van der Waals surface area contributed by atoms with E-state index in [1.165, 1.54) is 15.6 Å². The molecule has 28 heavy (non-hydrogen) atoms. The van der Waals surface area contributed by atoms with Gasteiger partial charge < -0.3 is 5.32 Å². The molecule has 0 unspecified atom stereocenters. The summed E-state index contributed by atoms with van der Waals surface area (Å²) in [5.41, 5.74) is 2.71. The van der Waals surface area contributed by atoms with Gasteiger partial charge >= 0.3 is 0 Å². The molecule has 0 saturated heterocycles. The third kappa shape index (κ3) is 3.65. The second kappa shape index (κ2) is 7.58. The molecule has 0 spiro atoms. The summed E-state index contributed by atoms with van der Waals surface area (Å²) in [6.45, 7) is 0.448. The standard InChI is InChI=1S/C20H17ClN2O3S2/c21-16-7-5-14(6-8-16)20(24)22-17-9-10-18-15(13-17)3-1-11-23(18)28(25,26)19-4-2-12-27-19/h2,4-10,12-13H,1,3,11H2,(H,22,24). The fraction of sp³-hybridized carbons (Fsp3) is 0.150. The molecular weight excluding hydrogens is 416 g/mol. The number of benzene rings is 2. The molecule has 1 aliphatic rings. The Hall–Kier alpha value is -2.35. The quantitative estimate of drug-likeness (QED) is 0.644. The van der Waals surface area contributed by atoms with Crippen LogP contribution in [0, 0.1) is 0 Å². The maximum atomic E-state index is 12.9. The van der Waals surface area contributed by atoms with Gasteiger partial charge in [0.25, 0.3) is 15.9 Å². The minimum Gasteiger partial charge on any atom is -0.322 e. The van der Waals surface area contributed by atoms with Gasteiger partial charge in [-0.25, -0.2) is 8.42 Å². The van der Waals surface area contributed by atoms with Gasteiger partial charge in [-0.1, -0.05) is 17.7 Å². The van der Waals surface area contributed by atoms with E-state index in [4.69, 9.17) is 11.6 Å². The Balaban J connectivity index is 1.60. The molecule has 0 radical (unpaired) electrons. The first-order valence-electron chi connectivity index (χ1n) is 8.71. The number of fused-ring (bicyclic) bond motifs is 1. The van der Waals surface area contributed by atoms with Crippen LogP contribution in [0.2, 0.25) is 5.02 Å². The van der Waals surface area contributed by atoms with Crippen LogP contribution >= 0.6 is 22.9 Å². The predicted molar refractivity (Wildman–Crippen MR) is 113 cm³/mol. The third-order valence-corrected chi connectivity index (χ3v) is 8.00. The zero-order valence-electron chi connectivity index (χ0n) is 14.8. The van der Waals surface area contributed by atoms with Crippen molar-refractivity contribution in [2.45, 2.75) is 17.1 Å². The van der Waals surface area contributed by atoms with Crippen LogP contribution in [0.25, 0.3) is 0 Å². The highest BCUT2D eigenvalue weighted by molar-refractivity contribution is 7.94. The summed E-state index contributed by atoms with van der Waals surface area (Å²) >= 11 is 7.07. The normalized spacial score (nSPS) is 13.8. The number of hydrogen-bond donors (Lipinski definition) is 1. The number of carbonyl (C=O) groups is 1. The van der Waals surface area contributed by atoms with Crippen LogP contribution in [0.15, 0.2) is 64.2 Å². The van der Waals surface area contributed by atoms with Crippen molar-refractivity contribution in [3.05, 3.63) is 76.1 Å². The molecule has 5 nitrogen and oxygen atoms in total. The molecule has 4 rings (SSSR count). The van der Waals surface area contributed by atoms with E-state index in [-0.39, 0.29) is 5.91 Å². The van der Waals surface area contributed by atoms with Crippen molar-refractivity contribution in [3.63, 3.8) is 0 Å². The average molecular weight is 433 g/mol. The average Bonchev–Trinajstić information content (AvgIpc) is 3.23. The Morgan fingerprint density at radius 1 is 1.11 bits per heavy atom. The minimum atomic E-state index is -3.56. The molecule has 0 saturated carbocycles. The van der Waals surface area contributed by atoms with E-state index < -0.39 is 10.0 Å². The first-order chi connectivity index (χ1) is 13.4. The summed E-state index contributed by atoms with van der Waals surface area (Å²) in [7, 11) is -3.56. The van der Waals surface area contributed by atoms with E-state index in [0.29, 0.717) is 32.7 Å². The van der Waals surface area contributed by atoms with Crippen LogP contribution in [0.3, 0.4) is 0 Å². The van der Waals surface area contributed by atoms with Crippen molar-refractivity contribution in [3.8, 4) is 0 Å². The number of halogens is 1. The zero-order chi connectivity index (χ0) is 19.7. The van der Waals surface area contributed by atoms with Crippen molar-refractivity contribution in [1.29, 1.82) is 0 Å². The number of thiophene rings is 1. The number of carbonyl (C=O) groups excluding carboxylic acids is 1. The molecular formula is C20H17ClN2O3S2. The highest BCUT2D eigenvalue weighted by atomic mass is 35.5. The molecule has 2 aromatic carbocycles. The van der Waals surface area contributed by atoms with Gasteiger partial charge in [0.15, 0.2) is 0 Å². The maximum Gasteiger partial charge on any atom is 0.273 e. The molecule has 0 fully saturated rings. The van der Waals surface area contributed by atoms with Gasteiger partial charge in [0, 0.05) is 22.8 Å². The van der Waals surface area contributed by atoms with Gasteiger partial charge in [0.05, 0.1) is 5.69 Å². The van der Waals surface area contributed by atoms with Gasteiger partial charge in [0.1, 0.15) is 4.21 Å². The van der Waals surface area contributed by atoms with Crippen LogP contribution in [0.4, 0.5) is 11.4 Å². The largest absolute Gasteiger partial charge is 0.322 e. The molecule has 2 heterocycles. The second-order valence-electron chi connectivity index (χ2n) is 6.42. The Bertz CT molecular complexity index is 1110. The van der Waals surface area contributed by atoms with Crippen molar-refractivity contribution < 1.29 is 13.2 Å². The van der Waals surface area contributed by atoms with Gasteiger partial charge in [-0.2, -0.15) is 0 Å². The lowest BCUT2D eigenvalue weighted by Gasteiger charge is -2.30. The van der Waals surface area contributed by atoms with Gasteiger partial charge in [-0.3, -0.25) is 9.10 Å². The summed E-state index contributed by atoms with van der Waals surface area (Å²) in [5.74, 6) is -0.240. The molecule has 0 bridgehead atoms. The Morgan fingerprint density at radius 2 is 1.89 bits per heavy atom. The van der Waals surface area contributed by atoms with Gasteiger partial charge in [-0.05, 0) is 72.3 Å². The smallest absolute Gasteiger partial charge is 0.273 e. The first kappa shape index (κ1) is 19.0. The van der Waals surface area contributed by atoms with Crippen molar-refractivity contribution >= 4 is 50.2 Å². The predicted octanol–water partition coefficient (Wildman–Crippen LogP) is 4.80. The number of rotatable bonds is 4. The van der Waals surface area contributed by atoms with E-state index in [0.717, 1.165) is 18.4 Å². The molecule has 1 aliphatic heterocycles. The fourth-order valence-electron chi connectivity index (χ4n) is 3.21. The number of amides is 1.